The van der Waals surface area contributed by atoms with E-state index in [2.05, 4.69) is 31.2 Å². The van der Waals surface area contributed by atoms with Gasteiger partial charge in [0, 0.05) is 19.3 Å². The van der Waals surface area contributed by atoms with Crippen molar-refractivity contribution in [1.29, 1.82) is 0 Å². The Morgan fingerprint density at radius 1 is 1.31 bits per heavy atom. The minimum Gasteiger partial charge on any atom is -0.385 e. The second kappa shape index (κ2) is 4.56. The van der Waals surface area contributed by atoms with Crippen LogP contribution < -0.4 is 5.73 Å². The Balaban J connectivity index is 2.07. The normalized spacial score (nSPS) is 19.4. The van der Waals surface area contributed by atoms with E-state index in [4.69, 9.17) is 10.5 Å². The van der Waals surface area contributed by atoms with Gasteiger partial charge in [0.1, 0.15) is 0 Å². The van der Waals surface area contributed by atoms with Crippen molar-refractivity contribution < 1.29 is 4.74 Å². The Bertz CT molecular complexity index is 337. The van der Waals surface area contributed by atoms with Gasteiger partial charge in [-0.15, -0.1) is 0 Å². The quantitative estimate of drug-likeness (QED) is 0.842. The number of hydrogen-bond acceptors (Lipinski definition) is 2. The Labute approximate surface area is 97.8 Å². The molecule has 1 aromatic rings. The molecule has 1 unspecified atom stereocenters. The molecule has 2 heteroatoms. The average Bonchev–Trinajstić information content (AvgIpc) is 2.63. The monoisotopic (exact) mass is 219 g/mol. The summed E-state index contributed by atoms with van der Waals surface area (Å²) >= 11 is 0. The topological polar surface area (TPSA) is 35.2 Å². The van der Waals surface area contributed by atoms with Gasteiger partial charge in [-0.3, -0.25) is 0 Å². The van der Waals surface area contributed by atoms with Crippen molar-refractivity contribution in [2.24, 2.45) is 11.7 Å². The van der Waals surface area contributed by atoms with Crippen LogP contribution in [-0.4, -0.2) is 19.3 Å². The van der Waals surface area contributed by atoms with Crippen LogP contribution >= 0.6 is 0 Å². The van der Waals surface area contributed by atoms with E-state index in [0.717, 1.165) is 25.9 Å². The van der Waals surface area contributed by atoms with E-state index in [0.29, 0.717) is 5.92 Å². The Hall–Kier alpha value is -0.860. The van der Waals surface area contributed by atoms with Crippen molar-refractivity contribution in [3.8, 4) is 0 Å². The maximum atomic E-state index is 6.54. The molecule has 2 rings (SSSR count). The SMILES string of the molecule is COCCC(C)C1(N)Cc2ccccc2C1. The summed E-state index contributed by atoms with van der Waals surface area (Å²) < 4.78 is 5.14. The second-order valence-electron chi connectivity index (χ2n) is 5.04. The van der Waals surface area contributed by atoms with Crippen LogP contribution in [0.2, 0.25) is 0 Å². The second-order valence-corrected chi connectivity index (χ2v) is 5.04. The maximum Gasteiger partial charge on any atom is 0.0465 e. The van der Waals surface area contributed by atoms with Gasteiger partial charge in [-0.25, -0.2) is 0 Å². The van der Waals surface area contributed by atoms with E-state index < -0.39 is 0 Å². The van der Waals surface area contributed by atoms with E-state index in [1.807, 2.05) is 0 Å². The number of rotatable bonds is 4. The van der Waals surface area contributed by atoms with Gasteiger partial charge in [0.25, 0.3) is 0 Å². The fraction of sp³-hybridized carbons (Fsp3) is 0.571. The van der Waals surface area contributed by atoms with Gasteiger partial charge in [-0.2, -0.15) is 0 Å². The summed E-state index contributed by atoms with van der Waals surface area (Å²) in [5.74, 6) is 0.500. The van der Waals surface area contributed by atoms with Gasteiger partial charge >= 0.3 is 0 Å². The molecule has 1 aliphatic rings. The van der Waals surface area contributed by atoms with Crippen LogP contribution in [0, 0.1) is 5.92 Å². The number of fused-ring (bicyclic) bond motifs is 1. The molecule has 0 aromatic heterocycles. The first-order valence-corrected chi connectivity index (χ1v) is 6.00. The van der Waals surface area contributed by atoms with Crippen LogP contribution in [0.3, 0.4) is 0 Å². The smallest absolute Gasteiger partial charge is 0.0465 e. The van der Waals surface area contributed by atoms with Gasteiger partial charge in [0.15, 0.2) is 0 Å². The third-order valence-electron chi connectivity index (χ3n) is 3.89. The number of ether oxygens (including phenoxy) is 1. The Kier molecular flexibility index (Phi) is 3.31. The summed E-state index contributed by atoms with van der Waals surface area (Å²) in [7, 11) is 1.75. The van der Waals surface area contributed by atoms with Gasteiger partial charge < -0.3 is 10.5 Å². The highest BCUT2D eigenvalue weighted by Gasteiger charge is 2.37. The molecule has 1 aliphatic carbocycles. The van der Waals surface area contributed by atoms with Gasteiger partial charge in [-0.1, -0.05) is 31.2 Å². The molecule has 0 saturated carbocycles. The highest BCUT2D eigenvalue weighted by Crippen LogP contribution is 2.34. The van der Waals surface area contributed by atoms with E-state index in [1.54, 1.807) is 7.11 Å². The molecule has 0 radical (unpaired) electrons. The molecule has 0 amide bonds. The molecule has 16 heavy (non-hydrogen) atoms. The zero-order valence-corrected chi connectivity index (χ0v) is 10.2. The van der Waals surface area contributed by atoms with Gasteiger partial charge in [0.2, 0.25) is 0 Å². The molecule has 2 N–H and O–H groups in total. The van der Waals surface area contributed by atoms with Gasteiger partial charge in [0.05, 0.1) is 0 Å². The summed E-state index contributed by atoms with van der Waals surface area (Å²) in [6.07, 6.45) is 3.06. The molecular weight excluding hydrogens is 198 g/mol. The minimum atomic E-state index is -0.0672. The molecule has 88 valence electrons. The fourth-order valence-corrected chi connectivity index (χ4v) is 2.60. The molecule has 0 saturated heterocycles. The standard InChI is InChI=1S/C14H21NO/c1-11(7-8-16-2)14(15)9-12-5-3-4-6-13(12)10-14/h3-6,11H,7-10,15H2,1-2H3. The van der Waals surface area contributed by atoms with Gasteiger partial charge in [-0.05, 0) is 36.3 Å². The Morgan fingerprint density at radius 3 is 2.38 bits per heavy atom. The van der Waals surface area contributed by atoms with Crippen molar-refractivity contribution in [3.63, 3.8) is 0 Å². The fourth-order valence-electron chi connectivity index (χ4n) is 2.60. The van der Waals surface area contributed by atoms with Crippen molar-refractivity contribution in [3.05, 3.63) is 35.4 Å². The van der Waals surface area contributed by atoms with Crippen molar-refractivity contribution in [2.75, 3.05) is 13.7 Å². The number of nitrogens with two attached hydrogens (primary N) is 1. The van der Waals surface area contributed by atoms with E-state index in [1.165, 1.54) is 11.1 Å². The van der Waals surface area contributed by atoms with Crippen LogP contribution in [0.5, 0.6) is 0 Å². The lowest BCUT2D eigenvalue weighted by molar-refractivity contribution is 0.157. The number of benzene rings is 1. The maximum absolute atomic E-state index is 6.54. The highest BCUT2D eigenvalue weighted by molar-refractivity contribution is 5.36. The first-order valence-electron chi connectivity index (χ1n) is 6.00. The molecule has 0 spiro atoms. The molecule has 1 atom stereocenters. The summed E-state index contributed by atoms with van der Waals surface area (Å²) in [5, 5.41) is 0. The summed E-state index contributed by atoms with van der Waals surface area (Å²) in [6, 6.07) is 8.61. The zero-order valence-electron chi connectivity index (χ0n) is 10.2. The average molecular weight is 219 g/mol. The lowest BCUT2D eigenvalue weighted by Gasteiger charge is -2.31. The number of methoxy groups -OCH3 is 1. The van der Waals surface area contributed by atoms with Crippen LogP contribution in [-0.2, 0) is 17.6 Å². The lowest BCUT2D eigenvalue weighted by atomic mass is 9.81. The summed E-state index contributed by atoms with van der Waals surface area (Å²) in [5.41, 5.74) is 9.32. The predicted octanol–water partition coefficient (Wildman–Crippen LogP) is 2.16. The van der Waals surface area contributed by atoms with Crippen molar-refractivity contribution >= 4 is 0 Å². The molecule has 0 fully saturated rings. The summed E-state index contributed by atoms with van der Waals surface area (Å²) in [6.45, 7) is 3.04. The van der Waals surface area contributed by atoms with Crippen LogP contribution in [0.1, 0.15) is 24.5 Å². The largest absolute Gasteiger partial charge is 0.385 e. The van der Waals surface area contributed by atoms with E-state index in [9.17, 15) is 0 Å². The van der Waals surface area contributed by atoms with Crippen LogP contribution in [0.4, 0.5) is 0 Å². The highest BCUT2D eigenvalue weighted by atomic mass is 16.5. The molecule has 1 aromatic carbocycles. The molecule has 0 aliphatic heterocycles. The molecule has 0 heterocycles. The first kappa shape index (κ1) is 11.6. The third kappa shape index (κ3) is 2.13. The summed E-state index contributed by atoms with van der Waals surface area (Å²) in [4.78, 5) is 0. The van der Waals surface area contributed by atoms with Crippen LogP contribution in [0.15, 0.2) is 24.3 Å². The molecular formula is C14H21NO. The predicted molar refractivity (Wildman–Crippen MR) is 66.4 cm³/mol. The van der Waals surface area contributed by atoms with Crippen molar-refractivity contribution in [1.82, 2.24) is 0 Å². The lowest BCUT2D eigenvalue weighted by Crippen LogP contribution is -2.47. The third-order valence-corrected chi connectivity index (χ3v) is 3.89. The molecule has 0 bridgehead atoms. The Morgan fingerprint density at radius 2 is 1.88 bits per heavy atom. The number of hydrogen-bond donors (Lipinski definition) is 1. The van der Waals surface area contributed by atoms with Crippen molar-refractivity contribution in [2.45, 2.75) is 31.7 Å². The van der Waals surface area contributed by atoms with E-state index in [-0.39, 0.29) is 5.54 Å². The first-order chi connectivity index (χ1) is 7.65. The van der Waals surface area contributed by atoms with Crippen LogP contribution in [0.25, 0.3) is 0 Å². The zero-order chi connectivity index (χ0) is 11.6. The van der Waals surface area contributed by atoms with E-state index >= 15 is 0 Å². The molecule has 2 nitrogen and oxygen atoms in total. The minimum absolute atomic E-state index is 0.0672.